The second kappa shape index (κ2) is 7.69. The zero-order chi connectivity index (χ0) is 16.9. The molecule has 8 nitrogen and oxygen atoms in total. The zero-order valence-corrected chi connectivity index (χ0v) is 14.8. The van der Waals surface area contributed by atoms with Gasteiger partial charge in [-0.25, -0.2) is 19.4 Å². The van der Waals surface area contributed by atoms with Gasteiger partial charge in [0.25, 0.3) is 0 Å². The van der Waals surface area contributed by atoms with Crippen molar-refractivity contribution < 1.29 is 9.53 Å². The van der Waals surface area contributed by atoms with Crippen LogP contribution in [0.2, 0.25) is 0 Å². The molecule has 0 atom stereocenters. The molecule has 1 fully saturated rings. The molecule has 1 aliphatic heterocycles. The highest BCUT2D eigenvalue weighted by molar-refractivity contribution is 7.98. The lowest BCUT2D eigenvalue weighted by molar-refractivity contribution is 0.152. The fourth-order valence-electron chi connectivity index (χ4n) is 2.79. The van der Waals surface area contributed by atoms with Gasteiger partial charge in [0.2, 0.25) is 0 Å². The number of thioether (sulfide) groups is 1. The van der Waals surface area contributed by atoms with Crippen LogP contribution in [0.5, 0.6) is 0 Å². The third-order valence-electron chi connectivity index (χ3n) is 3.91. The van der Waals surface area contributed by atoms with Crippen LogP contribution in [0.15, 0.2) is 11.4 Å². The third-order valence-corrected chi connectivity index (χ3v) is 4.46. The molecule has 0 radical (unpaired) electrons. The lowest BCUT2D eigenvalue weighted by Crippen LogP contribution is -2.28. The van der Waals surface area contributed by atoms with Crippen LogP contribution >= 0.6 is 11.8 Å². The Labute approximate surface area is 145 Å². The predicted molar refractivity (Wildman–Crippen MR) is 93.6 cm³/mol. The number of carbonyl (C=O) groups is 1. The van der Waals surface area contributed by atoms with Gasteiger partial charge in [-0.3, -0.25) is 0 Å². The highest BCUT2D eigenvalue weighted by Gasteiger charge is 2.20. The van der Waals surface area contributed by atoms with Crippen LogP contribution in [-0.2, 0) is 11.3 Å². The van der Waals surface area contributed by atoms with Gasteiger partial charge in [-0.15, -0.1) is 0 Å². The van der Waals surface area contributed by atoms with Gasteiger partial charge in [-0.05, 0) is 26.0 Å². The quantitative estimate of drug-likeness (QED) is 0.629. The normalized spacial score (nSPS) is 14.3. The lowest BCUT2D eigenvalue weighted by atomic mass is 10.3. The minimum absolute atomic E-state index is 0.361. The molecule has 1 saturated heterocycles. The summed E-state index contributed by atoms with van der Waals surface area (Å²) in [5, 5.41) is 8.84. The number of ether oxygens (including phenoxy) is 1. The first-order valence-corrected chi connectivity index (χ1v) is 9.38. The van der Waals surface area contributed by atoms with E-state index in [9.17, 15) is 4.79 Å². The number of hydrogen-bond acceptors (Lipinski definition) is 7. The Morgan fingerprint density at radius 1 is 1.38 bits per heavy atom. The summed E-state index contributed by atoms with van der Waals surface area (Å²) in [6, 6.07) is 0. The molecule has 3 heterocycles. The van der Waals surface area contributed by atoms with E-state index in [-0.39, 0.29) is 0 Å². The van der Waals surface area contributed by atoms with Crippen LogP contribution in [0, 0.1) is 0 Å². The standard InChI is InChI=1S/C15H22N6O2S/c1-3-23-15(22)16-6-9-21-13-11(10-17-21)12(18-14(19-13)24-2)20-7-4-5-8-20/h10H,3-9H2,1-2H3,(H,16,22). The van der Waals surface area contributed by atoms with Crippen LogP contribution in [0.4, 0.5) is 10.6 Å². The molecule has 24 heavy (non-hydrogen) atoms. The van der Waals surface area contributed by atoms with Crippen molar-refractivity contribution in [3.05, 3.63) is 6.20 Å². The van der Waals surface area contributed by atoms with Gasteiger partial charge in [0.15, 0.2) is 10.8 Å². The molecular weight excluding hydrogens is 328 g/mol. The van der Waals surface area contributed by atoms with E-state index in [2.05, 4.69) is 25.3 Å². The van der Waals surface area contributed by atoms with Crippen molar-refractivity contribution in [3.8, 4) is 0 Å². The first-order valence-electron chi connectivity index (χ1n) is 8.16. The summed E-state index contributed by atoms with van der Waals surface area (Å²) in [6.07, 6.45) is 5.76. The van der Waals surface area contributed by atoms with Crippen molar-refractivity contribution in [2.24, 2.45) is 0 Å². The molecule has 130 valence electrons. The van der Waals surface area contributed by atoms with Gasteiger partial charge < -0.3 is 15.0 Å². The number of nitrogens with zero attached hydrogens (tertiary/aromatic N) is 5. The van der Waals surface area contributed by atoms with Crippen molar-refractivity contribution >= 4 is 34.7 Å². The Hall–Kier alpha value is -2.03. The van der Waals surface area contributed by atoms with E-state index in [1.165, 1.54) is 24.6 Å². The molecule has 2 aromatic heterocycles. The maximum absolute atomic E-state index is 11.4. The number of aromatic nitrogens is 4. The Morgan fingerprint density at radius 2 is 2.17 bits per heavy atom. The number of carbonyl (C=O) groups excluding carboxylic acids is 1. The van der Waals surface area contributed by atoms with E-state index < -0.39 is 6.09 Å². The van der Waals surface area contributed by atoms with Gasteiger partial charge >= 0.3 is 6.09 Å². The molecule has 0 saturated carbocycles. The van der Waals surface area contributed by atoms with Crippen LogP contribution < -0.4 is 10.2 Å². The number of rotatable bonds is 6. The monoisotopic (exact) mass is 350 g/mol. The van der Waals surface area contributed by atoms with Crippen LogP contribution in [0.25, 0.3) is 11.0 Å². The van der Waals surface area contributed by atoms with Gasteiger partial charge in [-0.2, -0.15) is 5.10 Å². The van der Waals surface area contributed by atoms with E-state index in [0.717, 1.165) is 35.1 Å². The van der Waals surface area contributed by atoms with Crippen molar-refractivity contribution in [3.63, 3.8) is 0 Å². The SMILES string of the molecule is CCOC(=O)NCCn1ncc2c(N3CCCC3)nc(SC)nc21. The molecule has 0 bridgehead atoms. The Balaban J connectivity index is 1.82. The second-order valence-corrected chi connectivity index (χ2v) is 6.25. The van der Waals surface area contributed by atoms with E-state index in [1.54, 1.807) is 6.92 Å². The van der Waals surface area contributed by atoms with E-state index in [4.69, 9.17) is 4.74 Å². The number of fused-ring (bicyclic) bond motifs is 1. The summed E-state index contributed by atoms with van der Waals surface area (Å²) in [7, 11) is 0. The van der Waals surface area contributed by atoms with E-state index >= 15 is 0 Å². The van der Waals surface area contributed by atoms with Crippen molar-refractivity contribution in [2.75, 3.05) is 37.4 Å². The third kappa shape index (κ3) is 3.55. The van der Waals surface area contributed by atoms with Crippen molar-refractivity contribution in [1.82, 2.24) is 25.1 Å². The topological polar surface area (TPSA) is 85.2 Å². The van der Waals surface area contributed by atoms with E-state index in [0.29, 0.717) is 19.7 Å². The maximum atomic E-state index is 11.4. The highest BCUT2D eigenvalue weighted by Crippen LogP contribution is 2.28. The molecule has 0 spiro atoms. The smallest absolute Gasteiger partial charge is 0.407 e. The molecule has 0 aliphatic carbocycles. The first-order chi connectivity index (χ1) is 11.7. The molecule has 1 N–H and O–H groups in total. The summed E-state index contributed by atoms with van der Waals surface area (Å²) in [6.45, 7) is 5.16. The van der Waals surface area contributed by atoms with E-state index in [1.807, 2.05) is 17.1 Å². The Kier molecular flexibility index (Phi) is 5.39. The molecule has 0 unspecified atom stereocenters. The van der Waals surface area contributed by atoms with Gasteiger partial charge in [0, 0.05) is 19.6 Å². The number of hydrogen-bond donors (Lipinski definition) is 1. The minimum atomic E-state index is -0.411. The average molecular weight is 350 g/mol. The molecule has 1 aliphatic rings. The lowest BCUT2D eigenvalue weighted by Gasteiger charge is -2.17. The summed E-state index contributed by atoms with van der Waals surface area (Å²) < 4.78 is 6.66. The summed E-state index contributed by atoms with van der Waals surface area (Å²) >= 11 is 1.52. The Bertz CT molecular complexity index is 713. The molecule has 0 aromatic carbocycles. The number of alkyl carbamates (subject to hydrolysis) is 1. The number of nitrogens with one attached hydrogen (secondary N) is 1. The van der Waals surface area contributed by atoms with Crippen LogP contribution in [0.1, 0.15) is 19.8 Å². The molecular formula is C15H22N6O2S. The minimum Gasteiger partial charge on any atom is -0.450 e. The van der Waals surface area contributed by atoms with Gasteiger partial charge in [-0.1, -0.05) is 11.8 Å². The molecule has 3 rings (SSSR count). The molecule has 2 aromatic rings. The molecule has 9 heteroatoms. The maximum Gasteiger partial charge on any atom is 0.407 e. The summed E-state index contributed by atoms with van der Waals surface area (Å²) in [5.41, 5.74) is 0.807. The number of anilines is 1. The Morgan fingerprint density at radius 3 is 2.88 bits per heavy atom. The molecule has 1 amide bonds. The summed E-state index contributed by atoms with van der Waals surface area (Å²) in [4.78, 5) is 22.9. The van der Waals surface area contributed by atoms with Crippen molar-refractivity contribution in [1.29, 1.82) is 0 Å². The second-order valence-electron chi connectivity index (χ2n) is 5.48. The number of amides is 1. The van der Waals surface area contributed by atoms with Gasteiger partial charge in [0.1, 0.15) is 5.82 Å². The fraction of sp³-hybridized carbons (Fsp3) is 0.600. The zero-order valence-electron chi connectivity index (χ0n) is 14.0. The average Bonchev–Trinajstić information content (AvgIpc) is 3.24. The van der Waals surface area contributed by atoms with Crippen molar-refractivity contribution in [2.45, 2.75) is 31.5 Å². The fourth-order valence-corrected chi connectivity index (χ4v) is 3.15. The predicted octanol–water partition coefficient (Wildman–Crippen LogP) is 1.89. The summed E-state index contributed by atoms with van der Waals surface area (Å²) in [5.74, 6) is 0.964. The first kappa shape index (κ1) is 16.8. The van der Waals surface area contributed by atoms with Crippen LogP contribution in [-0.4, -0.2) is 58.3 Å². The van der Waals surface area contributed by atoms with Gasteiger partial charge in [0.05, 0.1) is 24.7 Å². The highest BCUT2D eigenvalue weighted by atomic mass is 32.2. The van der Waals surface area contributed by atoms with Crippen LogP contribution in [0.3, 0.4) is 0 Å². The largest absolute Gasteiger partial charge is 0.450 e.